The Bertz CT molecular complexity index is 675. The quantitative estimate of drug-likeness (QED) is 0.245. The van der Waals surface area contributed by atoms with Gasteiger partial charge in [0.15, 0.2) is 0 Å². The maximum Gasteiger partial charge on any atom is 0.0187 e. The van der Waals surface area contributed by atoms with Gasteiger partial charge in [0, 0.05) is 11.5 Å². The van der Waals surface area contributed by atoms with Crippen LogP contribution >= 0.6 is 33.1 Å². The Morgan fingerprint density at radius 3 is 1.42 bits per heavy atom. The zero-order chi connectivity index (χ0) is 18.5. The number of hydrogen-bond donors (Lipinski definition) is 0. The molecule has 3 rings (SSSR count). The van der Waals surface area contributed by atoms with Crippen molar-refractivity contribution < 1.29 is 18.2 Å². The van der Waals surface area contributed by atoms with Crippen LogP contribution in [0.2, 0.25) is 0 Å². The standard InChI is InChI=1S/C22H21S2.ClH.Pd/c1-3-8-19(9-4-1)15-23-17-21-12-7-13-22(14-21)18-24-16-20-10-5-2-6-11-20;;/h1-13H,15-18H2;1H;/q-1;;+2/p-1. The van der Waals surface area contributed by atoms with Crippen LogP contribution in [0.25, 0.3) is 0 Å². The molecule has 0 saturated carbocycles. The zero-order valence-electron chi connectivity index (χ0n) is 14.3. The fraction of sp³-hybridized carbons (Fsp3) is 0.182. The monoisotopic (exact) mass is 490 g/mol. The third-order valence-electron chi connectivity index (χ3n) is 3.65. The van der Waals surface area contributed by atoms with Crippen molar-refractivity contribution in [3.8, 4) is 0 Å². The molecule has 0 radical (unpaired) electrons. The molecule has 0 heterocycles. The van der Waals surface area contributed by atoms with E-state index >= 15 is 0 Å². The van der Waals surface area contributed by atoms with Crippen LogP contribution < -0.4 is 0 Å². The molecule has 0 N–H and O–H groups in total. The van der Waals surface area contributed by atoms with E-state index in [4.69, 9.17) is 0 Å². The van der Waals surface area contributed by atoms with E-state index in [1.807, 2.05) is 23.5 Å². The second-order valence-electron chi connectivity index (χ2n) is 5.66. The smallest absolute Gasteiger partial charge is 0.0187 e. The van der Waals surface area contributed by atoms with Gasteiger partial charge in [0.05, 0.1) is 0 Å². The topological polar surface area (TPSA) is 0 Å². The molecule has 3 aromatic carbocycles. The Labute approximate surface area is 180 Å². The molecule has 0 amide bonds. The largest absolute Gasteiger partial charge is 0.175 e. The van der Waals surface area contributed by atoms with E-state index in [-0.39, 0.29) is 0 Å². The van der Waals surface area contributed by atoms with Crippen LogP contribution in [0.15, 0.2) is 78.9 Å². The van der Waals surface area contributed by atoms with Crippen molar-refractivity contribution in [2.45, 2.75) is 23.0 Å². The molecule has 4 heteroatoms. The van der Waals surface area contributed by atoms with E-state index in [1.54, 1.807) is 0 Å². The van der Waals surface area contributed by atoms with Crippen LogP contribution in [0.4, 0.5) is 0 Å². The summed E-state index contributed by atoms with van der Waals surface area (Å²) < 4.78 is 0. The maximum absolute atomic E-state index is 4.49. The summed E-state index contributed by atoms with van der Waals surface area (Å²) >= 11 is 6.12. The number of benzene rings is 3. The second-order valence-corrected chi connectivity index (χ2v) is 7.63. The zero-order valence-corrected chi connectivity index (χ0v) is 18.3. The minimum absolute atomic E-state index is 1.02. The van der Waals surface area contributed by atoms with Crippen molar-refractivity contribution in [1.82, 2.24) is 0 Å². The number of thioether (sulfide) groups is 2. The molecule has 0 spiro atoms. The molecule has 138 valence electrons. The molecule has 0 aliphatic carbocycles. The van der Waals surface area contributed by atoms with Gasteiger partial charge in [-0.2, -0.15) is 58.9 Å². The molecular formula is C22H21ClPdS2. The van der Waals surface area contributed by atoms with Crippen molar-refractivity contribution in [3.05, 3.63) is 107 Å². The molecule has 0 unspecified atom stereocenters. The van der Waals surface area contributed by atoms with Gasteiger partial charge < -0.3 is 0 Å². The van der Waals surface area contributed by atoms with E-state index in [1.165, 1.54) is 22.3 Å². The summed E-state index contributed by atoms with van der Waals surface area (Å²) in [5, 5.41) is 0. The first-order chi connectivity index (χ1) is 12.9. The van der Waals surface area contributed by atoms with Crippen molar-refractivity contribution in [2.75, 3.05) is 0 Å². The molecule has 0 saturated heterocycles. The van der Waals surface area contributed by atoms with Crippen LogP contribution in [-0.2, 0) is 41.2 Å². The normalized spacial score (nSPS) is 10.1. The van der Waals surface area contributed by atoms with Gasteiger partial charge in [-0.1, -0.05) is 60.7 Å². The maximum atomic E-state index is 4.49. The van der Waals surface area contributed by atoms with Gasteiger partial charge in [0.2, 0.25) is 0 Å². The third kappa shape index (κ3) is 8.34. The fourth-order valence-electron chi connectivity index (χ4n) is 2.44. The Hall–Kier alpha value is -0.688. The molecule has 0 atom stereocenters. The van der Waals surface area contributed by atoms with Crippen molar-refractivity contribution in [1.29, 1.82) is 0 Å². The van der Waals surface area contributed by atoms with E-state index in [0.717, 1.165) is 23.0 Å². The Morgan fingerprint density at radius 2 is 1.00 bits per heavy atom. The van der Waals surface area contributed by atoms with Gasteiger partial charge in [0.25, 0.3) is 0 Å². The number of hydrogen-bond acceptors (Lipinski definition) is 2. The SMILES string of the molecule is [Cl][Pd+].[c-]1c(CSCc2ccccc2)cccc1CSCc1ccccc1. The summed E-state index contributed by atoms with van der Waals surface area (Å²) in [6.07, 6.45) is 0. The van der Waals surface area contributed by atoms with E-state index in [9.17, 15) is 0 Å². The molecule has 3 aromatic rings. The summed E-state index contributed by atoms with van der Waals surface area (Å²) in [4.78, 5) is 0. The van der Waals surface area contributed by atoms with Gasteiger partial charge in [-0.3, -0.25) is 0 Å². The van der Waals surface area contributed by atoms with Crippen LogP contribution in [0.1, 0.15) is 22.3 Å². The Morgan fingerprint density at radius 1 is 0.577 bits per heavy atom. The van der Waals surface area contributed by atoms with E-state index in [0.29, 0.717) is 0 Å². The minimum Gasteiger partial charge on any atom is -0.175 e. The molecule has 0 aliphatic heterocycles. The summed E-state index contributed by atoms with van der Waals surface area (Å²) in [5.41, 5.74) is 5.37. The third-order valence-corrected chi connectivity index (χ3v) is 5.76. The van der Waals surface area contributed by atoms with Crippen LogP contribution in [-0.4, -0.2) is 0 Å². The minimum atomic E-state index is 1.02. The van der Waals surface area contributed by atoms with Gasteiger partial charge in [0.1, 0.15) is 0 Å². The molecule has 26 heavy (non-hydrogen) atoms. The van der Waals surface area contributed by atoms with Gasteiger partial charge in [-0.25, -0.2) is 0 Å². The van der Waals surface area contributed by atoms with E-state index in [2.05, 4.69) is 113 Å². The summed E-state index contributed by atoms with van der Waals surface area (Å²) in [5.74, 6) is 4.15. The molecular weight excluding hydrogens is 470 g/mol. The average molecular weight is 491 g/mol. The van der Waals surface area contributed by atoms with Crippen molar-refractivity contribution in [2.24, 2.45) is 0 Å². The first kappa shape index (κ1) is 21.6. The summed E-state index contributed by atoms with van der Waals surface area (Å²) in [6.45, 7) is 0. The van der Waals surface area contributed by atoms with Gasteiger partial charge >= 0.3 is 27.7 Å². The number of halogens is 1. The summed E-state index contributed by atoms with van der Waals surface area (Å²) in [7, 11) is 4.49. The molecule has 0 aromatic heterocycles. The Kier molecular flexibility index (Phi) is 11.2. The average Bonchev–Trinajstić information content (AvgIpc) is 2.72. The van der Waals surface area contributed by atoms with Crippen molar-refractivity contribution in [3.63, 3.8) is 0 Å². The first-order valence-electron chi connectivity index (χ1n) is 8.25. The van der Waals surface area contributed by atoms with Crippen LogP contribution in [0, 0.1) is 6.07 Å². The van der Waals surface area contributed by atoms with Gasteiger partial charge in [-0.05, 0) is 22.6 Å². The first-order valence-corrected chi connectivity index (χ1v) is 12.6. The molecule has 0 fully saturated rings. The van der Waals surface area contributed by atoms with E-state index < -0.39 is 0 Å². The Balaban J connectivity index is 0.00000117. The predicted octanol–water partition coefficient (Wildman–Crippen LogP) is 7.04. The van der Waals surface area contributed by atoms with Crippen LogP contribution in [0.3, 0.4) is 0 Å². The van der Waals surface area contributed by atoms with Crippen molar-refractivity contribution >= 4 is 33.1 Å². The predicted molar refractivity (Wildman–Crippen MR) is 114 cm³/mol. The molecule has 0 aliphatic rings. The van der Waals surface area contributed by atoms with Gasteiger partial charge in [-0.15, -0.1) is 0 Å². The van der Waals surface area contributed by atoms with Crippen LogP contribution in [0.5, 0.6) is 0 Å². The molecule has 0 bridgehead atoms. The second kappa shape index (κ2) is 13.5. The fourth-order valence-corrected chi connectivity index (χ4v) is 4.28. The molecule has 0 nitrogen and oxygen atoms in total. The summed E-state index contributed by atoms with van der Waals surface area (Å²) in [6, 6.07) is 31.4. The number of rotatable bonds is 8.